The monoisotopic (exact) mass is 526 g/mol. The number of esters is 2. The average Bonchev–Trinajstić information content (AvgIpc) is 2.90. The molecule has 1 atom stereocenters. The van der Waals surface area contributed by atoms with Gasteiger partial charge in [-0.15, -0.1) is 0 Å². The number of carbonyl (C=O) groups excluding carboxylic acids is 2. The third-order valence-electron chi connectivity index (χ3n) is 7.15. The highest BCUT2D eigenvalue weighted by Crippen LogP contribution is 2.14. The molecule has 0 rings (SSSR count). The minimum Gasteiger partial charge on any atom is -0.462 e. The molecule has 0 radical (unpaired) electrons. The number of rotatable bonds is 29. The second-order valence-electron chi connectivity index (χ2n) is 10.9. The fourth-order valence-electron chi connectivity index (χ4n) is 4.67. The molecule has 1 unspecified atom stereocenters. The number of hydrogen-bond acceptors (Lipinski definition) is 5. The fourth-order valence-corrected chi connectivity index (χ4v) is 4.67. The number of unbranched alkanes of at least 4 members (excludes halogenated alkanes) is 21. The molecule has 0 aromatic heterocycles. The summed E-state index contributed by atoms with van der Waals surface area (Å²) in [5.41, 5.74) is 0. The van der Waals surface area contributed by atoms with Gasteiger partial charge in [-0.3, -0.25) is 9.59 Å². The van der Waals surface area contributed by atoms with Crippen molar-refractivity contribution in [2.75, 3.05) is 13.2 Å². The van der Waals surface area contributed by atoms with E-state index in [1.54, 1.807) is 0 Å². The highest BCUT2D eigenvalue weighted by molar-refractivity contribution is 5.70. The molecule has 0 saturated carbocycles. The highest BCUT2D eigenvalue weighted by Gasteiger charge is 2.16. The molecule has 220 valence electrons. The van der Waals surface area contributed by atoms with Gasteiger partial charge in [-0.05, 0) is 12.8 Å². The molecule has 0 aromatic rings. The molecule has 1 N–H and O–H groups in total. The zero-order chi connectivity index (χ0) is 27.2. The minimum absolute atomic E-state index is 0.0583. The van der Waals surface area contributed by atoms with Crippen LogP contribution >= 0.6 is 0 Å². The molecule has 0 bridgehead atoms. The van der Waals surface area contributed by atoms with E-state index >= 15 is 0 Å². The van der Waals surface area contributed by atoms with Crippen LogP contribution in [0.15, 0.2) is 0 Å². The van der Waals surface area contributed by atoms with Crippen LogP contribution in [-0.2, 0) is 19.1 Å². The molecule has 0 amide bonds. The Bertz CT molecular complexity index is 494. The quantitative estimate of drug-likeness (QED) is 0.0776. The van der Waals surface area contributed by atoms with Crippen LogP contribution in [0.25, 0.3) is 0 Å². The minimum atomic E-state index is -0.758. The lowest BCUT2D eigenvalue weighted by atomic mass is 10.0. The van der Waals surface area contributed by atoms with Gasteiger partial charge in [0, 0.05) is 12.8 Å². The van der Waals surface area contributed by atoms with E-state index in [0.717, 1.165) is 38.5 Å². The predicted molar refractivity (Wildman–Crippen MR) is 155 cm³/mol. The lowest BCUT2D eigenvalue weighted by Gasteiger charge is -2.15. The summed E-state index contributed by atoms with van der Waals surface area (Å²) in [5, 5.41) is 9.46. The zero-order valence-corrected chi connectivity index (χ0v) is 24.7. The third-order valence-corrected chi connectivity index (χ3v) is 7.15. The van der Waals surface area contributed by atoms with Gasteiger partial charge in [-0.25, -0.2) is 0 Å². The van der Waals surface area contributed by atoms with Gasteiger partial charge in [0.2, 0.25) is 0 Å². The van der Waals surface area contributed by atoms with Gasteiger partial charge in [0.05, 0.1) is 6.61 Å². The van der Waals surface area contributed by atoms with Crippen molar-refractivity contribution in [3.05, 3.63) is 0 Å². The third kappa shape index (κ3) is 27.7. The summed E-state index contributed by atoms with van der Waals surface area (Å²) >= 11 is 0. The van der Waals surface area contributed by atoms with Crippen molar-refractivity contribution in [2.45, 2.75) is 180 Å². The number of carbonyl (C=O) groups is 2. The van der Waals surface area contributed by atoms with E-state index in [-0.39, 0.29) is 25.2 Å². The molecule has 5 nitrogen and oxygen atoms in total. The molecule has 0 heterocycles. The SMILES string of the molecule is CCCCCCCCCCCCCCCCC(=O)OC(CO)COC(=O)CCCCCCCCCCC. The second kappa shape index (κ2) is 29.5. The van der Waals surface area contributed by atoms with Crippen LogP contribution < -0.4 is 0 Å². The summed E-state index contributed by atoms with van der Waals surface area (Å²) in [6.45, 7) is 4.11. The smallest absolute Gasteiger partial charge is 0.306 e. The number of hydrogen-bond donors (Lipinski definition) is 1. The first-order chi connectivity index (χ1) is 18.1. The maximum atomic E-state index is 12.1. The van der Waals surface area contributed by atoms with Crippen LogP contribution in [0.3, 0.4) is 0 Å². The number of aliphatic hydroxyl groups is 1. The Hall–Kier alpha value is -1.10. The molecule has 0 aliphatic rings. The number of aliphatic hydroxyl groups excluding tert-OH is 1. The van der Waals surface area contributed by atoms with Crippen molar-refractivity contribution in [2.24, 2.45) is 0 Å². The summed E-state index contributed by atoms with van der Waals surface area (Å²) in [6.07, 6.45) is 28.7. The van der Waals surface area contributed by atoms with Gasteiger partial charge in [0.25, 0.3) is 0 Å². The highest BCUT2D eigenvalue weighted by atomic mass is 16.6. The first-order valence-electron chi connectivity index (χ1n) is 16.1. The van der Waals surface area contributed by atoms with Gasteiger partial charge >= 0.3 is 11.9 Å². The van der Waals surface area contributed by atoms with E-state index in [0.29, 0.717) is 12.8 Å². The largest absolute Gasteiger partial charge is 0.462 e. The molecular weight excluding hydrogens is 464 g/mol. The summed E-state index contributed by atoms with van der Waals surface area (Å²) < 4.78 is 10.5. The van der Waals surface area contributed by atoms with Crippen molar-refractivity contribution >= 4 is 11.9 Å². The van der Waals surface area contributed by atoms with Gasteiger partial charge < -0.3 is 14.6 Å². The Balaban J connectivity index is 3.54. The van der Waals surface area contributed by atoms with E-state index in [2.05, 4.69) is 13.8 Å². The Labute approximate surface area is 229 Å². The maximum absolute atomic E-state index is 12.1. The molecule has 0 aromatic carbocycles. The van der Waals surface area contributed by atoms with E-state index in [4.69, 9.17) is 9.47 Å². The van der Waals surface area contributed by atoms with Gasteiger partial charge in [0.15, 0.2) is 6.10 Å². The molecule has 37 heavy (non-hydrogen) atoms. The molecule has 0 fully saturated rings. The van der Waals surface area contributed by atoms with E-state index in [1.165, 1.54) is 109 Å². The molecule has 0 spiro atoms. The van der Waals surface area contributed by atoms with E-state index in [1.807, 2.05) is 0 Å². The van der Waals surface area contributed by atoms with Gasteiger partial charge in [0.1, 0.15) is 6.61 Å². The Kier molecular flexibility index (Phi) is 28.6. The first-order valence-corrected chi connectivity index (χ1v) is 16.1. The molecular formula is C32H62O5. The van der Waals surface area contributed by atoms with Gasteiger partial charge in [-0.2, -0.15) is 0 Å². The van der Waals surface area contributed by atoms with Crippen molar-refractivity contribution in [3.8, 4) is 0 Å². The van der Waals surface area contributed by atoms with Crippen molar-refractivity contribution < 1.29 is 24.2 Å². The summed E-state index contributed by atoms with van der Waals surface area (Å²) in [7, 11) is 0. The van der Waals surface area contributed by atoms with Crippen molar-refractivity contribution in [1.82, 2.24) is 0 Å². The normalized spacial score (nSPS) is 12.0. The fraction of sp³-hybridized carbons (Fsp3) is 0.938. The van der Waals surface area contributed by atoms with Gasteiger partial charge in [-0.1, -0.05) is 149 Å². The van der Waals surface area contributed by atoms with Crippen LogP contribution in [-0.4, -0.2) is 36.4 Å². The van der Waals surface area contributed by atoms with Crippen LogP contribution in [0.5, 0.6) is 0 Å². The Morgan fingerprint density at radius 2 is 0.838 bits per heavy atom. The second-order valence-corrected chi connectivity index (χ2v) is 10.9. The number of ether oxygens (including phenoxy) is 2. The summed E-state index contributed by atoms with van der Waals surface area (Å²) in [4.78, 5) is 24.0. The van der Waals surface area contributed by atoms with Crippen LogP contribution in [0.4, 0.5) is 0 Å². The Morgan fingerprint density at radius 3 is 1.19 bits per heavy atom. The van der Waals surface area contributed by atoms with Crippen molar-refractivity contribution in [1.29, 1.82) is 0 Å². The lowest BCUT2D eigenvalue weighted by Crippen LogP contribution is -2.28. The predicted octanol–water partition coefficient (Wildman–Crippen LogP) is 9.23. The standard InChI is InChI=1S/C32H62O5/c1-3-5-7-9-11-13-14-15-16-17-19-21-23-25-27-32(35)37-30(28-33)29-36-31(34)26-24-22-20-18-12-10-8-6-4-2/h30,33H,3-29H2,1-2H3. The molecule has 0 aliphatic heterocycles. The average molecular weight is 527 g/mol. The summed E-state index contributed by atoms with van der Waals surface area (Å²) in [6, 6.07) is 0. The summed E-state index contributed by atoms with van der Waals surface area (Å²) in [5.74, 6) is -0.586. The Morgan fingerprint density at radius 1 is 0.514 bits per heavy atom. The van der Waals surface area contributed by atoms with E-state index < -0.39 is 6.10 Å². The van der Waals surface area contributed by atoms with Crippen LogP contribution in [0, 0.1) is 0 Å². The van der Waals surface area contributed by atoms with Crippen LogP contribution in [0.2, 0.25) is 0 Å². The lowest BCUT2D eigenvalue weighted by molar-refractivity contribution is -0.161. The van der Waals surface area contributed by atoms with Crippen molar-refractivity contribution in [3.63, 3.8) is 0 Å². The maximum Gasteiger partial charge on any atom is 0.306 e. The topological polar surface area (TPSA) is 72.8 Å². The molecule has 5 heteroatoms. The van der Waals surface area contributed by atoms with Crippen LogP contribution in [0.1, 0.15) is 174 Å². The molecule has 0 saturated heterocycles. The zero-order valence-electron chi connectivity index (χ0n) is 24.7. The molecule has 0 aliphatic carbocycles. The first kappa shape index (κ1) is 35.9. The van der Waals surface area contributed by atoms with E-state index in [9.17, 15) is 14.7 Å².